The summed E-state index contributed by atoms with van der Waals surface area (Å²) >= 11 is 1.83. The van der Waals surface area contributed by atoms with E-state index >= 15 is 0 Å². The minimum atomic E-state index is -0.664. The number of fused-ring (bicyclic) bond motifs is 1. The summed E-state index contributed by atoms with van der Waals surface area (Å²) in [4.78, 5) is 12.8. The number of ether oxygens (including phenoxy) is 4. The van der Waals surface area contributed by atoms with Crippen LogP contribution in [0.4, 0.5) is 10.5 Å². The van der Waals surface area contributed by atoms with E-state index in [1.165, 1.54) is 11.3 Å². The van der Waals surface area contributed by atoms with Crippen molar-refractivity contribution in [3.8, 4) is 17.2 Å². The zero-order valence-electron chi connectivity index (χ0n) is 18.7. The van der Waals surface area contributed by atoms with Crippen molar-refractivity contribution in [2.24, 2.45) is 0 Å². The van der Waals surface area contributed by atoms with E-state index in [2.05, 4.69) is 11.4 Å². The standard InChI is InChI=1S/C24H31NO5S/c1-24(2)19-15-17(9-11-20(19)25-23(26)30-24)29-13-7-5-6-8-14-31-18-10-12-21(27-3)22(16-18)28-4/h9-12,15-16H,5-8,13-14H2,1-4H3,(H,25,26). The van der Waals surface area contributed by atoms with Crippen LogP contribution in [-0.2, 0) is 10.3 Å². The van der Waals surface area contributed by atoms with Gasteiger partial charge in [0.2, 0.25) is 0 Å². The molecule has 1 N–H and O–H groups in total. The molecule has 7 heteroatoms. The Bertz CT molecular complexity index is 900. The summed E-state index contributed by atoms with van der Waals surface area (Å²) in [6.45, 7) is 4.44. The van der Waals surface area contributed by atoms with Gasteiger partial charge < -0.3 is 18.9 Å². The average Bonchev–Trinajstić information content (AvgIpc) is 2.75. The number of nitrogens with one attached hydrogen (secondary N) is 1. The van der Waals surface area contributed by atoms with Gasteiger partial charge in [0.1, 0.15) is 11.4 Å². The highest BCUT2D eigenvalue weighted by Crippen LogP contribution is 2.37. The second-order valence-corrected chi connectivity index (χ2v) is 9.03. The monoisotopic (exact) mass is 445 g/mol. The Balaban J connectivity index is 1.34. The number of amides is 1. The number of carbonyl (C=O) groups excluding carboxylic acids is 1. The highest BCUT2D eigenvalue weighted by atomic mass is 32.2. The van der Waals surface area contributed by atoms with Crippen molar-refractivity contribution in [3.63, 3.8) is 0 Å². The van der Waals surface area contributed by atoms with Crippen LogP contribution in [0, 0.1) is 0 Å². The number of thioether (sulfide) groups is 1. The van der Waals surface area contributed by atoms with E-state index in [-0.39, 0.29) is 0 Å². The van der Waals surface area contributed by atoms with Gasteiger partial charge in [-0.15, -0.1) is 11.8 Å². The van der Waals surface area contributed by atoms with Crippen LogP contribution in [0.1, 0.15) is 45.1 Å². The third-order valence-corrected chi connectivity index (χ3v) is 6.24. The van der Waals surface area contributed by atoms with Crippen molar-refractivity contribution < 1.29 is 23.7 Å². The van der Waals surface area contributed by atoms with E-state index in [9.17, 15) is 4.79 Å². The zero-order valence-corrected chi connectivity index (χ0v) is 19.5. The molecule has 0 aliphatic carbocycles. The molecular formula is C24H31NO5S. The summed E-state index contributed by atoms with van der Waals surface area (Å²) in [5.41, 5.74) is 1.04. The molecule has 168 valence electrons. The summed E-state index contributed by atoms with van der Waals surface area (Å²) in [5.74, 6) is 3.40. The number of unbranched alkanes of at least 4 members (excludes halogenated alkanes) is 3. The van der Waals surface area contributed by atoms with Crippen LogP contribution in [0.3, 0.4) is 0 Å². The third-order valence-electron chi connectivity index (χ3n) is 5.16. The predicted molar refractivity (Wildman–Crippen MR) is 124 cm³/mol. The molecule has 0 fully saturated rings. The second kappa shape index (κ2) is 10.7. The van der Waals surface area contributed by atoms with Crippen LogP contribution < -0.4 is 19.5 Å². The van der Waals surface area contributed by atoms with Crippen molar-refractivity contribution >= 4 is 23.5 Å². The van der Waals surface area contributed by atoms with Crippen molar-refractivity contribution in [2.45, 2.75) is 50.0 Å². The number of hydrogen-bond donors (Lipinski definition) is 1. The smallest absolute Gasteiger partial charge is 0.412 e. The van der Waals surface area contributed by atoms with Crippen LogP contribution in [-0.4, -0.2) is 32.7 Å². The van der Waals surface area contributed by atoms with Crippen LogP contribution >= 0.6 is 11.8 Å². The lowest BCUT2D eigenvalue weighted by atomic mass is 9.94. The number of carbonyl (C=O) groups is 1. The molecule has 1 heterocycles. The summed E-state index contributed by atoms with van der Waals surface area (Å²) in [5, 5.41) is 2.73. The summed E-state index contributed by atoms with van der Waals surface area (Å²) < 4.78 is 21.9. The Kier molecular flexibility index (Phi) is 7.96. The highest BCUT2D eigenvalue weighted by molar-refractivity contribution is 7.99. The lowest BCUT2D eigenvalue weighted by molar-refractivity contribution is 0.0418. The van der Waals surface area contributed by atoms with Gasteiger partial charge in [-0.2, -0.15) is 0 Å². The lowest BCUT2D eigenvalue weighted by Crippen LogP contribution is -2.34. The Morgan fingerprint density at radius 1 is 0.968 bits per heavy atom. The van der Waals surface area contributed by atoms with E-state index in [0.717, 1.165) is 53.5 Å². The molecule has 1 aliphatic heterocycles. The van der Waals surface area contributed by atoms with Gasteiger partial charge in [-0.3, -0.25) is 5.32 Å². The zero-order chi connectivity index (χ0) is 22.3. The maximum absolute atomic E-state index is 11.6. The second-order valence-electron chi connectivity index (χ2n) is 7.86. The molecule has 0 unspecified atom stereocenters. The minimum Gasteiger partial charge on any atom is -0.494 e. The largest absolute Gasteiger partial charge is 0.494 e. The van der Waals surface area contributed by atoms with Gasteiger partial charge in [-0.25, -0.2) is 4.79 Å². The van der Waals surface area contributed by atoms with Crippen LogP contribution in [0.5, 0.6) is 17.2 Å². The number of anilines is 1. The molecule has 0 saturated carbocycles. The first-order chi connectivity index (χ1) is 14.9. The number of hydrogen-bond acceptors (Lipinski definition) is 6. The van der Waals surface area contributed by atoms with Gasteiger partial charge in [-0.05, 0) is 68.8 Å². The van der Waals surface area contributed by atoms with E-state index in [4.69, 9.17) is 18.9 Å². The minimum absolute atomic E-state index is 0.421. The fourth-order valence-electron chi connectivity index (χ4n) is 3.49. The fourth-order valence-corrected chi connectivity index (χ4v) is 4.43. The van der Waals surface area contributed by atoms with Crippen LogP contribution in [0.15, 0.2) is 41.3 Å². The maximum Gasteiger partial charge on any atom is 0.412 e. The highest BCUT2D eigenvalue weighted by Gasteiger charge is 2.33. The predicted octanol–water partition coefficient (Wildman–Crippen LogP) is 6.23. The number of benzene rings is 2. The normalized spacial score (nSPS) is 14.3. The number of rotatable bonds is 11. The van der Waals surface area contributed by atoms with Crippen LogP contribution in [0.25, 0.3) is 0 Å². The first-order valence-corrected chi connectivity index (χ1v) is 11.5. The molecule has 2 aromatic rings. The Hall–Kier alpha value is -2.54. The van der Waals surface area contributed by atoms with Gasteiger partial charge in [0.05, 0.1) is 26.5 Å². The molecule has 2 aromatic carbocycles. The molecule has 6 nitrogen and oxygen atoms in total. The molecular weight excluding hydrogens is 414 g/mol. The molecule has 0 aromatic heterocycles. The fraction of sp³-hybridized carbons (Fsp3) is 0.458. The molecule has 31 heavy (non-hydrogen) atoms. The number of cyclic esters (lactones) is 1. The van der Waals surface area contributed by atoms with Gasteiger partial charge in [0.25, 0.3) is 0 Å². The van der Waals surface area contributed by atoms with Gasteiger partial charge in [0.15, 0.2) is 11.5 Å². The van der Waals surface area contributed by atoms with Crippen molar-refractivity contribution in [1.29, 1.82) is 0 Å². The Labute approximate surface area is 188 Å². The van der Waals surface area contributed by atoms with E-state index in [0.29, 0.717) is 6.61 Å². The van der Waals surface area contributed by atoms with Crippen molar-refractivity contribution in [2.75, 3.05) is 31.9 Å². The summed E-state index contributed by atoms with van der Waals surface area (Å²) in [6.07, 6.45) is 4.04. The maximum atomic E-state index is 11.6. The molecule has 3 rings (SSSR count). The summed E-state index contributed by atoms with van der Waals surface area (Å²) in [6, 6.07) is 11.7. The SMILES string of the molecule is COc1ccc(SCCCCCCOc2ccc3c(c2)C(C)(C)OC(=O)N3)cc1OC. The quantitative estimate of drug-likeness (QED) is 0.327. The number of methoxy groups -OCH3 is 2. The summed E-state index contributed by atoms with van der Waals surface area (Å²) in [7, 11) is 3.31. The Morgan fingerprint density at radius 3 is 2.52 bits per heavy atom. The van der Waals surface area contributed by atoms with Gasteiger partial charge in [-0.1, -0.05) is 12.8 Å². The molecule has 0 radical (unpaired) electrons. The Morgan fingerprint density at radius 2 is 1.74 bits per heavy atom. The average molecular weight is 446 g/mol. The first kappa shape index (κ1) is 23.1. The molecule has 0 saturated heterocycles. The van der Waals surface area contributed by atoms with Crippen LogP contribution in [0.2, 0.25) is 0 Å². The molecule has 0 bridgehead atoms. The topological polar surface area (TPSA) is 66.0 Å². The molecule has 1 aliphatic rings. The van der Waals surface area contributed by atoms with E-state index in [1.807, 2.05) is 55.9 Å². The van der Waals surface area contributed by atoms with Crippen molar-refractivity contribution in [1.82, 2.24) is 0 Å². The molecule has 0 spiro atoms. The van der Waals surface area contributed by atoms with Crippen molar-refractivity contribution in [3.05, 3.63) is 42.0 Å². The first-order valence-electron chi connectivity index (χ1n) is 10.5. The third kappa shape index (κ3) is 6.23. The van der Waals surface area contributed by atoms with Gasteiger partial charge in [0, 0.05) is 10.5 Å². The lowest BCUT2D eigenvalue weighted by Gasteiger charge is -2.32. The molecule has 0 atom stereocenters. The van der Waals surface area contributed by atoms with Gasteiger partial charge >= 0.3 is 6.09 Å². The van der Waals surface area contributed by atoms with E-state index < -0.39 is 11.7 Å². The molecule has 1 amide bonds. The van der Waals surface area contributed by atoms with E-state index in [1.54, 1.807) is 14.2 Å².